The number of amides is 1. The van der Waals surface area contributed by atoms with Crippen molar-refractivity contribution in [2.45, 2.75) is 27.3 Å². The second-order valence-corrected chi connectivity index (χ2v) is 4.71. The standard InChI is InChI=1S/C14H18N4O/c1-10(9-18-12(3)8-11(2)17-18)14(19)16-13-6-4-5-7-15-13/h4-8,10H,9H2,1-3H3,(H,15,16,19). The van der Waals surface area contributed by atoms with Crippen LogP contribution in [0, 0.1) is 19.8 Å². The van der Waals surface area contributed by atoms with Crippen LogP contribution in [0.3, 0.4) is 0 Å². The zero-order valence-corrected chi connectivity index (χ0v) is 11.4. The molecule has 0 spiro atoms. The fourth-order valence-electron chi connectivity index (χ4n) is 1.89. The third-order valence-electron chi connectivity index (χ3n) is 2.91. The first kappa shape index (κ1) is 13.3. The van der Waals surface area contributed by atoms with Gasteiger partial charge in [-0.05, 0) is 32.0 Å². The van der Waals surface area contributed by atoms with Crippen molar-refractivity contribution in [3.05, 3.63) is 41.9 Å². The Kier molecular flexibility index (Phi) is 3.94. The number of rotatable bonds is 4. The van der Waals surface area contributed by atoms with Crippen LogP contribution in [0.15, 0.2) is 30.5 Å². The average Bonchev–Trinajstić information content (AvgIpc) is 2.69. The fraction of sp³-hybridized carbons (Fsp3) is 0.357. The van der Waals surface area contributed by atoms with E-state index in [1.54, 1.807) is 12.3 Å². The number of anilines is 1. The van der Waals surface area contributed by atoms with Crippen LogP contribution < -0.4 is 5.32 Å². The van der Waals surface area contributed by atoms with Crippen molar-refractivity contribution >= 4 is 11.7 Å². The van der Waals surface area contributed by atoms with Crippen LogP contribution in [-0.4, -0.2) is 20.7 Å². The van der Waals surface area contributed by atoms with Gasteiger partial charge in [-0.2, -0.15) is 5.10 Å². The quantitative estimate of drug-likeness (QED) is 0.914. The summed E-state index contributed by atoms with van der Waals surface area (Å²) in [5, 5.41) is 7.16. The highest BCUT2D eigenvalue weighted by Crippen LogP contribution is 2.09. The molecule has 1 atom stereocenters. The summed E-state index contributed by atoms with van der Waals surface area (Å²) in [6.45, 7) is 6.39. The largest absolute Gasteiger partial charge is 0.310 e. The Hall–Kier alpha value is -2.17. The van der Waals surface area contributed by atoms with E-state index in [-0.39, 0.29) is 11.8 Å². The lowest BCUT2D eigenvalue weighted by atomic mass is 10.1. The Morgan fingerprint density at radius 2 is 2.21 bits per heavy atom. The number of aromatic nitrogens is 3. The summed E-state index contributed by atoms with van der Waals surface area (Å²) in [5.74, 6) is 0.360. The van der Waals surface area contributed by atoms with Crippen molar-refractivity contribution in [1.29, 1.82) is 0 Å². The van der Waals surface area contributed by atoms with E-state index in [4.69, 9.17) is 0 Å². The van der Waals surface area contributed by atoms with E-state index in [2.05, 4.69) is 15.4 Å². The van der Waals surface area contributed by atoms with E-state index in [9.17, 15) is 4.79 Å². The summed E-state index contributed by atoms with van der Waals surface area (Å²) in [6.07, 6.45) is 1.65. The predicted molar refractivity (Wildman–Crippen MR) is 73.7 cm³/mol. The van der Waals surface area contributed by atoms with Crippen molar-refractivity contribution in [2.24, 2.45) is 5.92 Å². The van der Waals surface area contributed by atoms with Crippen LogP contribution in [-0.2, 0) is 11.3 Å². The molecule has 100 valence electrons. The maximum atomic E-state index is 12.0. The van der Waals surface area contributed by atoms with E-state index in [1.807, 2.05) is 43.7 Å². The molecule has 2 heterocycles. The molecular weight excluding hydrogens is 240 g/mol. The van der Waals surface area contributed by atoms with Crippen LogP contribution in [0.25, 0.3) is 0 Å². The second kappa shape index (κ2) is 5.65. The van der Waals surface area contributed by atoms with E-state index < -0.39 is 0 Å². The summed E-state index contributed by atoms with van der Waals surface area (Å²) in [7, 11) is 0. The molecule has 2 rings (SSSR count). The Balaban J connectivity index is 1.98. The van der Waals surface area contributed by atoms with Crippen LogP contribution in [0.4, 0.5) is 5.82 Å². The van der Waals surface area contributed by atoms with E-state index in [1.165, 1.54) is 0 Å². The minimum Gasteiger partial charge on any atom is -0.310 e. The summed E-state index contributed by atoms with van der Waals surface area (Å²) >= 11 is 0. The Morgan fingerprint density at radius 1 is 1.42 bits per heavy atom. The minimum absolute atomic E-state index is 0.0498. The smallest absolute Gasteiger partial charge is 0.230 e. The summed E-state index contributed by atoms with van der Waals surface area (Å²) in [6, 6.07) is 7.43. The van der Waals surface area contributed by atoms with Gasteiger partial charge in [-0.15, -0.1) is 0 Å². The number of hydrogen-bond donors (Lipinski definition) is 1. The average molecular weight is 258 g/mol. The zero-order valence-electron chi connectivity index (χ0n) is 11.4. The molecule has 5 nitrogen and oxygen atoms in total. The molecule has 2 aromatic rings. The van der Waals surface area contributed by atoms with Crippen LogP contribution in [0.1, 0.15) is 18.3 Å². The lowest BCUT2D eigenvalue weighted by Crippen LogP contribution is -2.25. The molecule has 0 saturated heterocycles. The molecular formula is C14H18N4O. The van der Waals surface area contributed by atoms with Gasteiger partial charge in [0.15, 0.2) is 0 Å². The van der Waals surface area contributed by atoms with Gasteiger partial charge in [-0.1, -0.05) is 13.0 Å². The van der Waals surface area contributed by atoms with E-state index in [0.717, 1.165) is 11.4 Å². The highest BCUT2D eigenvalue weighted by atomic mass is 16.1. The molecule has 1 unspecified atom stereocenters. The fourth-order valence-corrected chi connectivity index (χ4v) is 1.89. The molecule has 0 aliphatic carbocycles. The number of aryl methyl sites for hydroxylation is 2. The lowest BCUT2D eigenvalue weighted by Gasteiger charge is -2.12. The molecule has 2 aromatic heterocycles. The van der Waals surface area contributed by atoms with Gasteiger partial charge in [-0.3, -0.25) is 9.48 Å². The lowest BCUT2D eigenvalue weighted by molar-refractivity contribution is -0.119. The van der Waals surface area contributed by atoms with Crippen LogP contribution in [0.5, 0.6) is 0 Å². The number of nitrogens with zero attached hydrogens (tertiary/aromatic N) is 3. The zero-order chi connectivity index (χ0) is 13.8. The normalized spacial score (nSPS) is 12.2. The van der Waals surface area contributed by atoms with E-state index in [0.29, 0.717) is 12.4 Å². The van der Waals surface area contributed by atoms with Crippen molar-refractivity contribution in [3.63, 3.8) is 0 Å². The summed E-state index contributed by atoms with van der Waals surface area (Å²) < 4.78 is 1.86. The first-order valence-electron chi connectivity index (χ1n) is 6.29. The molecule has 5 heteroatoms. The molecule has 0 aromatic carbocycles. The first-order chi connectivity index (χ1) is 9.06. The third-order valence-corrected chi connectivity index (χ3v) is 2.91. The molecule has 0 saturated carbocycles. The van der Waals surface area contributed by atoms with Gasteiger partial charge >= 0.3 is 0 Å². The first-order valence-corrected chi connectivity index (χ1v) is 6.29. The summed E-state index contributed by atoms with van der Waals surface area (Å²) in [5.41, 5.74) is 2.03. The maximum Gasteiger partial charge on any atom is 0.230 e. The number of hydrogen-bond acceptors (Lipinski definition) is 3. The third kappa shape index (κ3) is 3.40. The molecule has 19 heavy (non-hydrogen) atoms. The van der Waals surface area contributed by atoms with Gasteiger partial charge < -0.3 is 5.32 Å². The molecule has 0 bridgehead atoms. The predicted octanol–water partition coefficient (Wildman–Crippen LogP) is 2.17. The van der Waals surface area contributed by atoms with Gasteiger partial charge in [0, 0.05) is 11.9 Å². The van der Waals surface area contributed by atoms with Crippen molar-refractivity contribution in [3.8, 4) is 0 Å². The molecule has 0 aliphatic rings. The van der Waals surface area contributed by atoms with Gasteiger partial charge in [0.1, 0.15) is 5.82 Å². The maximum absolute atomic E-state index is 12.0. The number of carbonyl (C=O) groups is 1. The Bertz CT molecular complexity index is 562. The Morgan fingerprint density at radius 3 is 2.79 bits per heavy atom. The number of carbonyl (C=O) groups excluding carboxylic acids is 1. The highest BCUT2D eigenvalue weighted by Gasteiger charge is 2.15. The van der Waals surface area contributed by atoms with Crippen LogP contribution in [0.2, 0.25) is 0 Å². The number of pyridine rings is 1. The van der Waals surface area contributed by atoms with Gasteiger partial charge in [-0.25, -0.2) is 4.98 Å². The molecule has 0 aliphatic heterocycles. The van der Waals surface area contributed by atoms with Crippen LogP contribution >= 0.6 is 0 Å². The monoisotopic (exact) mass is 258 g/mol. The highest BCUT2D eigenvalue weighted by molar-refractivity contribution is 5.91. The van der Waals surface area contributed by atoms with E-state index >= 15 is 0 Å². The van der Waals surface area contributed by atoms with Gasteiger partial charge in [0.2, 0.25) is 5.91 Å². The topological polar surface area (TPSA) is 59.8 Å². The number of nitrogens with one attached hydrogen (secondary N) is 1. The molecule has 0 radical (unpaired) electrons. The summed E-state index contributed by atoms with van der Waals surface area (Å²) in [4.78, 5) is 16.1. The van der Waals surface area contributed by atoms with Crippen molar-refractivity contribution < 1.29 is 4.79 Å². The minimum atomic E-state index is -0.167. The van der Waals surface area contributed by atoms with Gasteiger partial charge in [0.05, 0.1) is 18.2 Å². The molecule has 1 N–H and O–H groups in total. The van der Waals surface area contributed by atoms with Crippen molar-refractivity contribution in [2.75, 3.05) is 5.32 Å². The van der Waals surface area contributed by atoms with Crippen molar-refractivity contribution in [1.82, 2.24) is 14.8 Å². The molecule has 1 amide bonds. The molecule has 0 fully saturated rings. The second-order valence-electron chi connectivity index (χ2n) is 4.71. The van der Waals surface area contributed by atoms with Gasteiger partial charge in [0.25, 0.3) is 0 Å². The Labute approximate surface area is 112 Å². The SMILES string of the molecule is Cc1cc(C)n(CC(C)C(=O)Nc2ccccn2)n1.